The van der Waals surface area contributed by atoms with E-state index in [1.807, 2.05) is 6.07 Å². The fraction of sp³-hybridized carbons (Fsp3) is 0.0476. The highest BCUT2D eigenvalue weighted by Gasteiger charge is 2.21. The van der Waals surface area contributed by atoms with Crippen LogP contribution in [-0.4, -0.2) is 16.6 Å². The molecule has 2 aromatic carbocycles. The summed E-state index contributed by atoms with van der Waals surface area (Å²) >= 11 is 6.94. The highest BCUT2D eigenvalue weighted by molar-refractivity contribution is 8.00. The molecule has 3 aromatic rings. The number of thioether (sulfide) groups is 1. The third-order valence-corrected chi connectivity index (χ3v) is 5.24. The molecule has 0 saturated heterocycles. The van der Waals surface area contributed by atoms with Crippen LogP contribution in [0.25, 0.3) is 11.1 Å². The summed E-state index contributed by atoms with van der Waals surface area (Å²) in [6.07, 6.45) is 0. The van der Waals surface area contributed by atoms with Crippen LogP contribution in [0.4, 0.5) is 15.9 Å². The van der Waals surface area contributed by atoms with E-state index in [1.54, 1.807) is 24.3 Å². The number of pyridine rings is 1. The minimum Gasteiger partial charge on any atom is -0.383 e. The number of amides is 1. The summed E-state index contributed by atoms with van der Waals surface area (Å²) in [5.74, 6) is -0.881. The summed E-state index contributed by atoms with van der Waals surface area (Å²) in [6.45, 7) is 0. The molecule has 0 atom stereocenters. The molecule has 0 saturated carbocycles. The van der Waals surface area contributed by atoms with Crippen molar-refractivity contribution in [2.24, 2.45) is 0 Å². The van der Waals surface area contributed by atoms with E-state index in [0.717, 1.165) is 11.8 Å². The molecule has 0 radical (unpaired) electrons. The van der Waals surface area contributed by atoms with Crippen LogP contribution in [0.1, 0.15) is 11.1 Å². The Morgan fingerprint density at radius 3 is 2.33 bits per heavy atom. The first-order valence-corrected chi connectivity index (χ1v) is 9.87. The third kappa shape index (κ3) is 4.69. The molecule has 9 heteroatoms. The van der Waals surface area contributed by atoms with Crippen molar-refractivity contribution in [2.75, 3.05) is 16.8 Å². The number of nitrogen functional groups attached to an aromatic ring is 1. The molecule has 3 N–H and O–H groups in total. The predicted molar refractivity (Wildman–Crippen MR) is 114 cm³/mol. The Kier molecular flexibility index (Phi) is 6.53. The molecule has 6 nitrogen and oxygen atoms in total. The molecule has 0 aliphatic heterocycles. The first-order chi connectivity index (χ1) is 14.4. The zero-order chi connectivity index (χ0) is 21.7. The number of rotatable bonds is 5. The molecule has 0 fully saturated rings. The van der Waals surface area contributed by atoms with E-state index in [0.29, 0.717) is 21.8 Å². The van der Waals surface area contributed by atoms with Gasteiger partial charge in [-0.3, -0.25) is 4.79 Å². The number of hydrogen-bond acceptors (Lipinski definition) is 6. The fourth-order valence-corrected chi connectivity index (χ4v) is 3.59. The Bertz CT molecular complexity index is 1180. The number of nitrogens with two attached hydrogens (primary N) is 1. The van der Waals surface area contributed by atoms with Gasteiger partial charge in [0.05, 0.1) is 11.3 Å². The van der Waals surface area contributed by atoms with Crippen LogP contribution in [0, 0.1) is 28.5 Å². The van der Waals surface area contributed by atoms with Gasteiger partial charge >= 0.3 is 0 Å². The summed E-state index contributed by atoms with van der Waals surface area (Å²) in [6, 6.07) is 16.0. The Hall–Kier alpha value is -3.59. The summed E-state index contributed by atoms with van der Waals surface area (Å²) in [5.41, 5.74) is 7.53. The first kappa shape index (κ1) is 21.1. The minimum atomic E-state index is -0.409. The number of nitrogens with zero attached hydrogens (tertiary/aromatic N) is 3. The molecule has 0 bridgehead atoms. The number of halogens is 2. The molecular formula is C21H13ClFN5OS. The highest BCUT2D eigenvalue weighted by atomic mass is 35.5. The van der Waals surface area contributed by atoms with Gasteiger partial charge in [-0.25, -0.2) is 9.37 Å². The molecule has 0 spiro atoms. The van der Waals surface area contributed by atoms with Crippen molar-refractivity contribution < 1.29 is 9.18 Å². The average molecular weight is 438 g/mol. The number of hydrogen-bond donors (Lipinski definition) is 2. The second kappa shape index (κ2) is 9.27. The Balaban J connectivity index is 1.90. The largest absolute Gasteiger partial charge is 0.383 e. The standard InChI is InChI=1S/C21H13ClFN5OS/c22-13-3-1-12(2-4-13)19-16(9-24)20(26)28-21(17(19)10-25)30-11-18(29)27-15-7-5-14(23)6-8-15/h1-8H,11H2,(H2,26,28)(H,27,29). The molecule has 0 unspecified atom stereocenters. The molecular weight excluding hydrogens is 425 g/mol. The molecule has 0 aliphatic rings. The predicted octanol–water partition coefficient (Wildman–Crippen LogP) is 4.60. The van der Waals surface area contributed by atoms with E-state index >= 15 is 0 Å². The van der Waals surface area contributed by atoms with Gasteiger partial charge in [0, 0.05) is 16.3 Å². The van der Waals surface area contributed by atoms with E-state index < -0.39 is 5.82 Å². The number of nitrogens with one attached hydrogen (secondary N) is 1. The SMILES string of the molecule is N#Cc1c(N)nc(SCC(=O)Nc2ccc(F)cc2)c(C#N)c1-c1ccc(Cl)cc1. The van der Waals surface area contributed by atoms with E-state index in [2.05, 4.69) is 16.4 Å². The van der Waals surface area contributed by atoms with Crippen LogP contribution in [0.5, 0.6) is 0 Å². The van der Waals surface area contributed by atoms with E-state index in [1.165, 1.54) is 24.3 Å². The van der Waals surface area contributed by atoms with E-state index in [9.17, 15) is 19.7 Å². The maximum atomic E-state index is 13.0. The lowest BCUT2D eigenvalue weighted by Gasteiger charge is -2.13. The van der Waals surface area contributed by atoms with Crippen LogP contribution in [0.15, 0.2) is 53.6 Å². The first-order valence-electron chi connectivity index (χ1n) is 8.50. The summed E-state index contributed by atoms with van der Waals surface area (Å²) in [4.78, 5) is 16.4. The quantitative estimate of drug-likeness (QED) is 0.563. The molecule has 148 valence electrons. The second-order valence-corrected chi connectivity index (χ2v) is 7.40. The van der Waals surface area contributed by atoms with Gasteiger partial charge < -0.3 is 11.1 Å². The van der Waals surface area contributed by atoms with Crippen LogP contribution in [0.3, 0.4) is 0 Å². The molecule has 1 heterocycles. The molecule has 1 amide bonds. The lowest BCUT2D eigenvalue weighted by molar-refractivity contribution is -0.113. The maximum absolute atomic E-state index is 13.0. The Labute approximate surface area is 181 Å². The average Bonchev–Trinajstić information content (AvgIpc) is 2.74. The number of carbonyl (C=O) groups is 1. The van der Waals surface area contributed by atoms with Gasteiger partial charge in [0.1, 0.15) is 34.4 Å². The van der Waals surface area contributed by atoms with Crippen LogP contribution in [0.2, 0.25) is 5.02 Å². The summed E-state index contributed by atoms with van der Waals surface area (Å²) < 4.78 is 13.0. The van der Waals surface area contributed by atoms with Gasteiger partial charge in [0.25, 0.3) is 0 Å². The van der Waals surface area contributed by atoms with Gasteiger partial charge in [-0.15, -0.1) is 0 Å². The topological polar surface area (TPSA) is 116 Å². The summed E-state index contributed by atoms with van der Waals surface area (Å²) in [7, 11) is 0. The Morgan fingerprint density at radius 1 is 1.10 bits per heavy atom. The van der Waals surface area contributed by atoms with Crippen LogP contribution >= 0.6 is 23.4 Å². The smallest absolute Gasteiger partial charge is 0.234 e. The number of aromatic nitrogens is 1. The van der Waals surface area contributed by atoms with E-state index in [4.69, 9.17) is 17.3 Å². The summed E-state index contributed by atoms with van der Waals surface area (Å²) in [5, 5.41) is 22.6. The maximum Gasteiger partial charge on any atom is 0.234 e. The van der Waals surface area contributed by atoms with Gasteiger partial charge in [-0.05, 0) is 42.0 Å². The lowest BCUT2D eigenvalue weighted by atomic mass is 9.97. The van der Waals surface area contributed by atoms with Gasteiger partial charge in [-0.2, -0.15) is 10.5 Å². The van der Waals surface area contributed by atoms with Crippen molar-refractivity contribution in [2.45, 2.75) is 5.03 Å². The van der Waals surface area contributed by atoms with Crippen LogP contribution in [-0.2, 0) is 4.79 Å². The monoisotopic (exact) mass is 437 g/mol. The van der Waals surface area contributed by atoms with Gasteiger partial charge in [-0.1, -0.05) is 35.5 Å². The zero-order valence-electron chi connectivity index (χ0n) is 15.3. The molecule has 0 aliphatic carbocycles. The lowest BCUT2D eigenvalue weighted by Crippen LogP contribution is -2.14. The van der Waals surface area contributed by atoms with Gasteiger partial charge in [0.2, 0.25) is 5.91 Å². The third-order valence-electron chi connectivity index (χ3n) is 4.02. The van der Waals surface area contributed by atoms with Crippen LogP contribution < -0.4 is 11.1 Å². The normalized spacial score (nSPS) is 10.1. The molecule has 3 rings (SSSR count). The number of carbonyl (C=O) groups excluding carboxylic acids is 1. The van der Waals surface area contributed by atoms with Crippen molar-refractivity contribution in [3.63, 3.8) is 0 Å². The highest BCUT2D eigenvalue weighted by Crippen LogP contribution is 2.36. The van der Waals surface area contributed by atoms with Crippen molar-refractivity contribution in [1.29, 1.82) is 10.5 Å². The number of benzene rings is 2. The van der Waals surface area contributed by atoms with Gasteiger partial charge in [0.15, 0.2) is 0 Å². The minimum absolute atomic E-state index is 0.0390. The van der Waals surface area contributed by atoms with Crippen molar-refractivity contribution >= 4 is 40.8 Å². The zero-order valence-corrected chi connectivity index (χ0v) is 16.9. The van der Waals surface area contributed by atoms with Crippen molar-refractivity contribution in [1.82, 2.24) is 4.98 Å². The number of anilines is 2. The fourth-order valence-electron chi connectivity index (χ4n) is 2.67. The van der Waals surface area contributed by atoms with Crippen molar-refractivity contribution in [3.05, 3.63) is 70.5 Å². The van der Waals surface area contributed by atoms with Crippen molar-refractivity contribution in [3.8, 4) is 23.3 Å². The Morgan fingerprint density at radius 2 is 1.73 bits per heavy atom. The molecule has 1 aromatic heterocycles. The van der Waals surface area contributed by atoms with E-state index in [-0.39, 0.29) is 33.6 Å². The molecule has 30 heavy (non-hydrogen) atoms. The second-order valence-electron chi connectivity index (χ2n) is 6.00. The number of nitriles is 2.